The first kappa shape index (κ1) is 18.6. The Balaban J connectivity index is 1.14. The van der Waals surface area contributed by atoms with Gasteiger partial charge in [0.25, 0.3) is 11.8 Å². The molecule has 2 aromatic rings. The van der Waals surface area contributed by atoms with E-state index in [1.54, 1.807) is 18.2 Å². The standard InChI is InChI=1S/C22H22N2O6/c25-21-11-27-19-9-13(1-7-17(19)24-21)22(26)23-14-2-4-15(5-3-14)30-16-6-8-18-20(10-16)29-12-28-18/h1,6-10,14-15H,2-5,11-12H2,(H,23,26)(H,24,25). The first-order valence-corrected chi connectivity index (χ1v) is 10.1. The minimum Gasteiger partial charge on any atom is -0.490 e. The van der Waals surface area contributed by atoms with Gasteiger partial charge < -0.3 is 29.6 Å². The third kappa shape index (κ3) is 3.85. The summed E-state index contributed by atoms with van der Waals surface area (Å²) in [6.45, 7) is 0.208. The lowest BCUT2D eigenvalue weighted by Crippen LogP contribution is -2.39. The lowest BCUT2D eigenvalue weighted by molar-refractivity contribution is -0.118. The van der Waals surface area contributed by atoms with Crippen LogP contribution in [0.2, 0.25) is 0 Å². The van der Waals surface area contributed by atoms with Crippen LogP contribution in [0.25, 0.3) is 0 Å². The maximum atomic E-state index is 12.6. The van der Waals surface area contributed by atoms with Crippen molar-refractivity contribution in [2.24, 2.45) is 0 Å². The van der Waals surface area contributed by atoms with Crippen LogP contribution in [-0.2, 0) is 4.79 Å². The molecule has 0 bridgehead atoms. The normalized spacial score (nSPS) is 21.8. The van der Waals surface area contributed by atoms with Crippen molar-refractivity contribution >= 4 is 17.5 Å². The molecule has 156 valence electrons. The van der Waals surface area contributed by atoms with Crippen LogP contribution in [0.3, 0.4) is 0 Å². The number of benzene rings is 2. The van der Waals surface area contributed by atoms with Crippen molar-refractivity contribution in [1.82, 2.24) is 5.32 Å². The van der Waals surface area contributed by atoms with Crippen molar-refractivity contribution in [1.29, 1.82) is 0 Å². The molecule has 0 aromatic heterocycles. The number of hydrogen-bond donors (Lipinski definition) is 2. The summed E-state index contributed by atoms with van der Waals surface area (Å²) in [7, 11) is 0. The molecule has 2 aliphatic heterocycles. The summed E-state index contributed by atoms with van der Waals surface area (Å²) in [6.07, 6.45) is 3.52. The van der Waals surface area contributed by atoms with E-state index in [-0.39, 0.29) is 37.4 Å². The molecule has 2 N–H and O–H groups in total. The van der Waals surface area contributed by atoms with Crippen LogP contribution in [0, 0.1) is 0 Å². The zero-order valence-corrected chi connectivity index (χ0v) is 16.3. The number of hydrogen-bond acceptors (Lipinski definition) is 6. The predicted molar refractivity (Wildman–Crippen MR) is 107 cm³/mol. The average Bonchev–Trinajstić information content (AvgIpc) is 3.22. The van der Waals surface area contributed by atoms with Crippen molar-refractivity contribution in [2.45, 2.75) is 37.8 Å². The molecule has 8 heteroatoms. The number of anilines is 1. The van der Waals surface area contributed by atoms with Gasteiger partial charge in [-0.15, -0.1) is 0 Å². The molecule has 1 aliphatic carbocycles. The Bertz CT molecular complexity index is 984. The van der Waals surface area contributed by atoms with Gasteiger partial charge in [0, 0.05) is 17.7 Å². The van der Waals surface area contributed by atoms with Crippen LogP contribution >= 0.6 is 0 Å². The SMILES string of the molecule is O=C1COc2cc(C(=O)NC3CCC(Oc4ccc5c(c4)OCO5)CC3)ccc2N1. The van der Waals surface area contributed by atoms with Crippen LogP contribution in [0.1, 0.15) is 36.0 Å². The molecular weight excluding hydrogens is 388 g/mol. The Hall–Kier alpha value is -3.42. The fourth-order valence-electron chi connectivity index (χ4n) is 3.95. The molecule has 0 saturated heterocycles. The first-order chi connectivity index (χ1) is 14.6. The van der Waals surface area contributed by atoms with Gasteiger partial charge in [-0.05, 0) is 56.0 Å². The van der Waals surface area contributed by atoms with E-state index < -0.39 is 0 Å². The zero-order chi connectivity index (χ0) is 20.5. The van der Waals surface area contributed by atoms with Gasteiger partial charge in [-0.2, -0.15) is 0 Å². The fourth-order valence-corrected chi connectivity index (χ4v) is 3.95. The number of nitrogens with one attached hydrogen (secondary N) is 2. The average molecular weight is 410 g/mol. The van der Waals surface area contributed by atoms with Crippen LogP contribution < -0.4 is 29.6 Å². The summed E-state index contributed by atoms with van der Waals surface area (Å²) in [5.41, 5.74) is 1.10. The lowest BCUT2D eigenvalue weighted by Gasteiger charge is -2.29. The lowest BCUT2D eigenvalue weighted by atomic mass is 9.92. The van der Waals surface area contributed by atoms with Crippen molar-refractivity contribution in [2.75, 3.05) is 18.7 Å². The van der Waals surface area contributed by atoms with E-state index in [1.165, 1.54) is 0 Å². The maximum Gasteiger partial charge on any atom is 0.262 e. The van der Waals surface area contributed by atoms with Gasteiger partial charge in [0.1, 0.15) is 11.5 Å². The van der Waals surface area contributed by atoms with Crippen molar-refractivity contribution in [3.05, 3.63) is 42.0 Å². The Morgan fingerprint density at radius 1 is 0.967 bits per heavy atom. The highest BCUT2D eigenvalue weighted by Crippen LogP contribution is 2.36. The highest BCUT2D eigenvalue weighted by Gasteiger charge is 2.25. The summed E-state index contributed by atoms with van der Waals surface area (Å²) >= 11 is 0. The van der Waals surface area contributed by atoms with E-state index in [2.05, 4.69) is 10.6 Å². The molecule has 0 unspecified atom stereocenters. The molecule has 5 rings (SSSR count). The second kappa shape index (κ2) is 7.78. The third-order valence-corrected chi connectivity index (χ3v) is 5.53. The monoisotopic (exact) mass is 410 g/mol. The first-order valence-electron chi connectivity index (χ1n) is 10.1. The predicted octanol–water partition coefficient (Wildman–Crippen LogP) is 2.87. The van der Waals surface area contributed by atoms with Gasteiger partial charge >= 0.3 is 0 Å². The molecule has 8 nitrogen and oxygen atoms in total. The van der Waals surface area contributed by atoms with Gasteiger partial charge in [-0.1, -0.05) is 0 Å². The van der Waals surface area contributed by atoms with E-state index in [9.17, 15) is 9.59 Å². The molecule has 1 saturated carbocycles. The molecule has 0 spiro atoms. The molecule has 30 heavy (non-hydrogen) atoms. The summed E-state index contributed by atoms with van der Waals surface area (Å²) in [5.74, 6) is 2.40. The fraction of sp³-hybridized carbons (Fsp3) is 0.364. The number of amides is 2. The smallest absolute Gasteiger partial charge is 0.262 e. The molecule has 0 atom stereocenters. The summed E-state index contributed by atoms with van der Waals surface area (Å²) in [5, 5.41) is 5.82. The molecule has 2 heterocycles. The van der Waals surface area contributed by atoms with E-state index in [0.29, 0.717) is 22.7 Å². The van der Waals surface area contributed by atoms with Gasteiger partial charge in [-0.3, -0.25) is 9.59 Å². The Morgan fingerprint density at radius 2 is 1.80 bits per heavy atom. The van der Waals surface area contributed by atoms with Gasteiger partial charge in [0.05, 0.1) is 11.8 Å². The van der Waals surface area contributed by atoms with Crippen LogP contribution in [0.15, 0.2) is 36.4 Å². The molecule has 2 aromatic carbocycles. The third-order valence-electron chi connectivity index (χ3n) is 5.53. The van der Waals surface area contributed by atoms with E-state index >= 15 is 0 Å². The Morgan fingerprint density at radius 3 is 2.67 bits per heavy atom. The Labute approximate surface area is 173 Å². The Kier molecular flexibility index (Phi) is 4.82. The highest BCUT2D eigenvalue weighted by atomic mass is 16.7. The molecule has 3 aliphatic rings. The van der Waals surface area contributed by atoms with E-state index in [4.69, 9.17) is 18.9 Å². The minimum atomic E-state index is -0.195. The van der Waals surface area contributed by atoms with Gasteiger partial charge in [0.2, 0.25) is 6.79 Å². The highest BCUT2D eigenvalue weighted by molar-refractivity contribution is 5.99. The summed E-state index contributed by atoms with van der Waals surface area (Å²) in [6, 6.07) is 10.8. The van der Waals surface area contributed by atoms with Gasteiger partial charge in [-0.25, -0.2) is 0 Å². The number of rotatable bonds is 4. The second-order valence-corrected chi connectivity index (χ2v) is 7.63. The van der Waals surface area contributed by atoms with E-state index in [1.807, 2.05) is 18.2 Å². The quantitative estimate of drug-likeness (QED) is 0.805. The number of fused-ring (bicyclic) bond motifs is 2. The van der Waals surface area contributed by atoms with E-state index in [0.717, 1.165) is 37.2 Å². The maximum absolute atomic E-state index is 12.6. The van der Waals surface area contributed by atoms with Crippen molar-refractivity contribution in [3.63, 3.8) is 0 Å². The molecule has 2 amide bonds. The minimum absolute atomic E-state index is 0.0363. The number of carbonyl (C=O) groups excluding carboxylic acids is 2. The zero-order valence-electron chi connectivity index (χ0n) is 16.3. The molecule has 0 radical (unpaired) electrons. The molecule has 1 fully saturated rings. The number of carbonyl (C=O) groups is 2. The summed E-state index contributed by atoms with van der Waals surface area (Å²) in [4.78, 5) is 24.0. The van der Waals surface area contributed by atoms with Gasteiger partial charge in [0.15, 0.2) is 18.1 Å². The van der Waals surface area contributed by atoms with Crippen molar-refractivity contribution in [3.8, 4) is 23.0 Å². The topological polar surface area (TPSA) is 95.1 Å². The second-order valence-electron chi connectivity index (χ2n) is 7.63. The van der Waals surface area contributed by atoms with Crippen LogP contribution in [-0.4, -0.2) is 37.4 Å². The largest absolute Gasteiger partial charge is 0.490 e. The van der Waals surface area contributed by atoms with Crippen LogP contribution in [0.5, 0.6) is 23.0 Å². The van der Waals surface area contributed by atoms with Crippen LogP contribution in [0.4, 0.5) is 5.69 Å². The molecular formula is C22H22N2O6. The van der Waals surface area contributed by atoms with Crippen molar-refractivity contribution < 1.29 is 28.5 Å². The summed E-state index contributed by atoms with van der Waals surface area (Å²) < 4.78 is 22.2. The number of ether oxygens (including phenoxy) is 4.